The molecule has 0 aliphatic rings. The molecule has 0 spiro atoms. The van der Waals surface area contributed by atoms with Crippen molar-refractivity contribution in [3.63, 3.8) is 0 Å². The van der Waals surface area contributed by atoms with Crippen molar-refractivity contribution in [2.24, 2.45) is 0 Å². The Morgan fingerprint density at radius 3 is 2.64 bits per heavy atom. The summed E-state index contributed by atoms with van der Waals surface area (Å²) < 4.78 is 21.6. The molecule has 0 aliphatic carbocycles. The van der Waals surface area contributed by atoms with E-state index in [1.807, 2.05) is 6.08 Å². The summed E-state index contributed by atoms with van der Waals surface area (Å²) in [6, 6.07) is 5.23. The Balaban J connectivity index is 2.47. The average Bonchev–Trinajstić information content (AvgIpc) is 2.53. The lowest BCUT2D eigenvalue weighted by atomic mass is 10.2. The summed E-state index contributed by atoms with van der Waals surface area (Å²) in [5, 5.41) is 0.598. The number of allylic oxidation sites excluding steroid dienone is 1. The topological polar surface area (TPSA) is 57.9 Å². The molecule has 0 unspecified atom stereocenters. The fourth-order valence-electron chi connectivity index (χ4n) is 2.17. The van der Waals surface area contributed by atoms with Crippen LogP contribution in [-0.2, 0) is 0 Å². The summed E-state index contributed by atoms with van der Waals surface area (Å²) in [4.78, 5) is 12.0. The molecule has 118 valence electrons. The molecule has 22 heavy (non-hydrogen) atoms. The van der Waals surface area contributed by atoms with E-state index in [1.54, 1.807) is 25.3 Å². The number of benzene rings is 1. The van der Waals surface area contributed by atoms with Crippen molar-refractivity contribution in [1.29, 1.82) is 0 Å². The number of methoxy groups -OCH3 is 2. The summed E-state index contributed by atoms with van der Waals surface area (Å²) in [7, 11) is 2.97. The summed E-state index contributed by atoms with van der Waals surface area (Å²) in [6.07, 6.45) is 5.83. The average molecular weight is 304 g/mol. The lowest BCUT2D eigenvalue weighted by Gasteiger charge is -2.13. The van der Waals surface area contributed by atoms with Crippen molar-refractivity contribution >= 4 is 11.0 Å². The molecule has 1 aromatic carbocycles. The van der Waals surface area contributed by atoms with Gasteiger partial charge in [0.1, 0.15) is 16.7 Å². The lowest BCUT2D eigenvalue weighted by molar-refractivity contribution is 0.292. The van der Waals surface area contributed by atoms with Crippen molar-refractivity contribution in [1.82, 2.24) is 0 Å². The Kier molecular flexibility index (Phi) is 5.47. The summed E-state index contributed by atoms with van der Waals surface area (Å²) in [6.45, 7) is 2.50. The lowest BCUT2D eigenvalue weighted by Crippen LogP contribution is -2.09. The van der Waals surface area contributed by atoms with Crippen LogP contribution in [0.3, 0.4) is 0 Å². The number of hydrogen-bond donors (Lipinski definition) is 0. The second-order valence-corrected chi connectivity index (χ2v) is 4.60. The van der Waals surface area contributed by atoms with Gasteiger partial charge in [0.05, 0.1) is 20.8 Å². The first-order valence-corrected chi connectivity index (χ1v) is 7.18. The van der Waals surface area contributed by atoms with Crippen LogP contribution in [0.1, 0.15) is 19.8 Å². The monoisotopic (exact) mass is 304 g/mol. The van der Waals surface area contributed by atoms with E-state index < -0.39 is 5.63 Å². The Hall–Kier alpha value is -2.43. The third-order valence-corrected chi connectivity index (χ3v) is 3.17. The molecule has 2 rings (SSSR count). The molecule has 0 atom stereocenters. The fraction of sp³-hybridized carbons (Fsp3) is 0.353. The van der Waals surface area contributed by atoms with Crippen LogP contribution in [0.4, 0.5) is 0 Å². The first kappa shape index (κ1) is 15.9. The van der Waals surface area contributed by atoms with E-state index in [0.717, 1.165) is 12.8 Å². The highest BCUT2D eigenvalue weighted by Gasteiger charge is 2.19. The van der Waals surface area contributed by atoms with Gasteiger partial charge in [-0.1, -0.05) is 25.1 Å². The largest absolute Gasteiger partial charge is 0.496 e. The van der Waals surface area contributed by atoms with Crippen LogP contribution in [-0.4, -0.2) is 20.8 Å². The SMILES string of the molecule is CCC=CCCOc1c(OC)c(=O)oc2cccc(OC)c12. The van der Waals surface area contributed by atoms with Gasteiger partial charge in [-0.05, 0) is 25.0 Å². The van der Waals surface area contributed by atoms with Crippen LogP contribution in [0.15, 0.2) is 39.6 Å². The molecule has 0 amide bonds. The van der Waals surface area contributed by atoms with Crippen LogP contribution in [0.5, 0.6) is 17.2 Å². The van der Waals surface area contributed by atoms with E-state index in [9.17, 15) is 4.79 Å². The van der Waals surface area contributed by atoms with Gasteiger partial charge >= 0.3 is 5.63 Å². The second-order valence-electron chi connectivity index (χ2n) is 4.60. The van der Waals surface area contributed by atoms with E-state index in [2.05, 4.69) is 13.0 Å². The van der Waals surface area contributed by atoms with Crippen LogP contribution < -0.4 is 19.8 Å². The molecule has 0 bridgehead atoms. The molecule has 2 aromatic rings. The highest BCUT2D eigenvalue weighted by atomic mass is 16.5. The normalized spacial score (nSPS) is 11.0. The molecule has 5 heteroatoms. The fourth-order valence-corrected chi connectivity index (χ4v) is 2.17. The number of ether oxygens (including phenoxy) is 3. The first-order chi connectivity index (χ1) is 10.7. The molecule has 0 N–H and O–H groups in total. The van der Waals surface area contributed by atoms with Gasteiger partial charge in [0.25, 0.3) is 0 Å². The predicted octanol–water partition coefficient (Wildman–Crippen LogP) is 3.55. The van der Waals surface area contributed by atoms with E-state index in [1.165, 1.54) is 7.11 Å². The van der Waals surface area contributed by atoms with Gasteiger partial charge in [-0.3, -0.25) is 0 Å². The van der Waals surface area contributed by atoms with Gasteiger partial charge in [-0.25, -0.2) is 4.79 Å². The zero-order valence-electron chi connectivity index (χ0n) is 13.0. The van der Waals surface area contributed by atoms with Crippen LogP contribution in [0.2, 0.25) is 0 Å². The molecule has 0 radical (unpaired) electrons. The molecule has 0 saturated carbocycles. The van der Waals surface area contributed by atoms with Gasteiger partial charge in [0.15, 0.2) is 5.75 Å². The highest BCUT2D eigenvalue weighted by molar-refractivity contribution is 5.91. The third-order valence-electron chi connectivity index (χ3n) is 3.17. The van der Waals surface area contributed by atoms with E-state index in [4.69, 9.17) is 18.6 Å². The minimum absolute atomic E-state index is 0.0523. The molecule has 5 nitrogen and oxygen atoms in total. The maximum atomic E-state index is 12.0. The number of rotatable bonds is 7. The van der Waals surface area contributed by atoms with E-state index >= 15 is 0 Å². The van der Waals surface area contributed by atoms with Crippen molar-refractivity contribution in [2.45, 2.75) is 19.8 Å². The van der Waals surface area contributed by atoms with E-state index in [0.29, 0.717) is 29.1 Å². The first-order valence-electron chi connectivity index (χ1n) is 7.18. The predicted molar refractivity (Wildman–Crippen MR) is 85.1 cm³/mol. The molecule has 0 fully saturated rings. The van der Waals surface area contributed by atoms with Gasteiger partial charge in [-0.2, -0.15) is 0 Å². The van der Waals surface area contributed by atoms with Crippen molar-refractivity contribution in [3.8, 4) is 17.2 Å². The van der Waals surface area contributed by atoms with Crippen LogP contribution >= 0.6 is 0 Å². The van der Waals surface area contributed by atoms with E-state index in [-0.39, 0.29) is 5.75 Å². The summed E-state index contributed by atoms with van der Waals surface area (Å²) in [5.41, 5.74) is -0.161. The summed E-state index contributed by atoms with van der Waals surface area (Å²) >= 11 is 0. The van der Waals surface area contributed by atoms with Gasteiger partial charge in [-0.15, -0.1) is 0 Å². The van der Waals surface area contributed by atoms with Crippen molar-refractivity contribution < 1.29 is 18.6 Å². The molecule has 0 saturated heterocycles. The maximum absolute atomic E-state index is 12.0. The Bertz CT molecular complexity index is 715. The quantitative estimate of drug-likeness (QED) is 0.445. The standard InChI is InChI=1S/C17H20O5/c1-4-5-6-7-11-21-15-14-12(19-2)9-8-10-13(14)22-17(18)16(15)20-3/h5-6,8-10H,4,7,11H2,1-3H3. The smallest absolute Gasteiger partial charge is 0.383 e. The Morgan fingerprint density at radius 1 is 1.14 bits per heavy atom. The zero-order valence-corrected chi connectivity index (χ0v) is 13.0. The Labute approximate surface area is 129 Å². The van der Waals surface area contributed by atoms with Gasteiger partial charge in [0.2, 0.25) is 5.75 Å². The van der Waals surface area contributed by atoms with Gasteiger partial charge in [0, 0.05) is 0 Å². The third kappa shape index (κ3) is 3.24. The highest BCUT2D eigenvalue weighted by Crippen LogP contribution is 2.38. The Morgan fingerprint density at radius 2 is 1.95 bits per heavy atom. The van der Waals surface area contributed by atoms with Crippen LogP contribution in [0.25, 0.3) is 11.0 Å². The zero-order chi connectivity index (χ0) is 15.9. The molecule has 1 aromatic heterocycles. The molecular formula is C17H20O5. The minimum Gasteiger partial charge on any atom is -0.496 e. The number of hydrogen-bond acceptors (Lipinski definition) is 5. The van der Waals surface area contributed by atoms with Gasteiger partial charge < -0.3 is 18.6 Å². The molecule has 1 heterocycles. The van der Waals surface area contributed by atoms with Crippen molar-refractivity contribution in [2.75, 3.05) is 20.8 Å². The molecular weight excluding hydrogens is 284 g/mol. The minimum atomic E-state index is -0.567. The number of fused-ring (bicyclic) bond motifs is 1. The molecule has 0 aliphatic heterocycles. The maximum Gasteiger partial charge on any atom is 0.383 e. The second kappa shape index (κ2) is 7.54. The summed E-state index contributed by atoms with van der Waals surface area (Å²) in [5.74, 6) is 0.978. The van der Waals surface area contributed by atoms with Crippen LogP contribution in [0, 0.1) is 0 Å². The van der Waals surface area contributed by atoms with Crippen molar-refractivity contribution in [3.05, 3.63) is 40.8 Å².